The highest BCUT2D eigenvalue weighted by Gasteiger charge is 2.10. The summed E-state index contributed by atoms with van der Waals surface area (Å²) in [5.41, 5.74) is 15.0. The minimum atomic E-state index is -3.69. The Labute approximate surface area is 174 Å². The van der Waals surface area contributed by atoms with E-state index >= 15 is 0 Å². The van der Waals surface area contributed by atoms with Crippen LogP contribution in [0.4, 0.5) is 11.8 Å². The molecular weight excluding hydrogens is 412 g/mol. The van der Waals surface area contributed by atoms with Gasteiger partial charge in [0, 0.05) is 29.7 Å². The molecule has 152 valence electrons. The van der Waals surface area contributed by atoms with Crippen LogP contribution >= 0.6 is 11.6 Å². The molecule has 0 bridgehead atoms. The van der Waals surface area contributed by atoms with Gasteiger partial charge in [-0.2, -0.15) is 4.98 Å². The van der Waals surface area contributed by atoms with Gasteiger partial charge in [-0.05, 0) is 41.8 Å². The van der Waals surface area contributed by atoms with Crippen molar-refractivity contribution in [2.24, 2.45) is 10.9 Å². The van der Waals surface area contributed by atoms with E-state index in [0.717, 1.165) is 16.7 Å². The second-order valence-corrected chi connectivity index (χ2v) is 8.37. The predicted octanol–water partition coefficient (Wildman–Crippen LogP) is 2.14. The molecule has 1 heterocycles. The van der Waals surface area contributed by atoms with Crippen LogP contribution in [0.5, 0.6) is 0 Å². The molecule has 0 fully saturated rings. The van der Waals surface area contributed by atoms with Crippen LogP contribution < -0.4 is 21.9 Å². The normalized spacial score (nSPS) is 11.4. The summed E-state index contributed by atoms with van der Waals surface area (Å²) in [6, 6.07) is 13.6. The van der Waals surface area contributed by atoms with Crippen LogP contribution in [0.2, 0.25) is 5.02 Å². The van der Waals surface area contributed by atoms with Gasteiger partial charge in [-0.15, -0.1) is 0 Å². The molecule has 0 saturated heterocycles. The number of hydrogen-bond donors (Lipinski definition) is 4. The molecule has 0 aliphatic carbocycles. The van der Waals surface area contributed by atoms with Crippen molar-refractivity contribution in [2.75, 3.05) is 17.6 Å². The summed E-state index contributed by atoms with van der Waals surface area (Å²) in [5.74, 6) is 0.696. The van der Waals surface area contributed by atoms with Crippen molar-refractivity contribution >= 4 is 33.4 Å². The molecule has 0 aliphatic rings. The average Bonchev–Trinajstić information content (AvgIpc) is 2.67. The van der Waals surface area contributed by atoms with Gasteiger partial charge in [0.05, 0.1) is 10.6 Å². The molecule has 3 aromatic rings. The Bertz CT molecular complexity index is 1120. The number of nitrogen functional groups attached to an aromatic ring is 1. The van der Waals surface area contributed by atoms with Gasteiger partial charge in [-0.3, -0.25) is 0 Å². The molecule has 3 rings (SSSR count). The molecule has 0 atom stereocenters. The standard InChI is InChI=1S/C19H21ClN6O2S/c20-14-4-3-13(11-21)16(9-14)17-10-18(26-19(22)25-17)24-8-7-12-1-5-15(6-2-12)29(23,27)28/h1-6,9-10H,7-8,11,21H2,(H2,23,27,28)(H3,22,24,25,26). The van der Waals surface area contributed by atoms with Gasteiger partial charge in [-0.1, -0.05) is 29.8 Å². The van der Waals surface area contributed by atoms with Crippen LogP contribution in [0.3, 0.4) is 0 Å². The van der Waals surface area contributed by atoms with Gasteiger partial charge in [0.1, 0.15) is 5.82 Å². The van der Waals surface area contributed by atoms with E-state index in [1.54, 1.807) is 30.3 Å². The van der Waals surface area contributed by atoms with E-state index in [2.05, 4.69) is 15.3 Å². The smallest absolute Gasteiger partial charge is 0.238 e. The second kappa shape index (κ2) is 8.75. The number of benzene rings is 2. The van der Waals surface area contributed by atoms with E-state index in [9.17, 15) is 8.42 Å². The molecule has 0 aliphatic heterocycles. The SMILES string of the molecule is NCc1ccc(Cl)cc1-c1cc(NCCc2ccc(S(N)(=O)=O)cc2)nc(N)n1. The van der Waals surface area contributed by atoms with Crippen molar-refractivity contribution in [3.05, 3.63) is 64.7 Å². The number of anilines is 2. The minimum absolute atomic E-state index is 0.0830. The first-order valence-electron chi connectivity index (χ1n) is 8.75. The second-order valence-electron chi connectivity index (χ2n) is 6.37. The Morgan fingerprint density at radius 2 is 1.76 bits per heavy atom. The summed E-state index contributed by atoms with van der Waals surface area (Å²) >= 11 is 6.12. The van der Waals surface area contributed by atoms with Crippen molar-refractivity contribution in [1.29, 1.82) is 0 Å². The Kier molecular flexibility index (Phi) is 6.33. The van der Waals surface area contributed by atoms with Crippen LogP contribution in [-0.2, 0) is 23.0 Å². The molecule has 8 nitrogen and oxygen atoms in total. The van der Waals surface area contributed by atoms with Crippen molar-refractivity contribution in [2.45, 2.75) is 17.9 Å². The van der Waals surface area contributed by atoms with Crippen LogP contribution in [0, 0.1) is 0 Å². The zero-order chi connectivity index (χ0) is 21.0. The van der Waals surface area contributed by atoms with Gasteiger partial charge in [0.2, 0.25) is 16.0 Å². The van der Waals surface area contributed by atoms with Gasteiger partial charge in [0.25, 0.3) is 0 Å². The molecule has 0 spiro atoms. The van der Waals surface area contributed by atoms with Crippen LogP contribution in [0.15, 0.2) is 53.4 Å². The van der Waals surface area contributed by atoms with E-state index in [4.69, 9.17) is 28.2 Å². The fourth-order valence-corrected chi connectivity index (χ4v) is 3.53. The summed E-state index contributed by atoms with van der Waals surface area (Å²) in [6.45, 7) is 0.900. The minimum Gasteiger partial charge on any atom is -0.370 e. The number of nitrogens with one attached hydrogen (secondary N) is 1. The van der Waals surface area contributed by atoms with Crippen molar-refractivity contribution < 1.29 is 8.42 Å². The fraction of sp³-hybridized carbons (Fsp3) is 0.158. The third-order valence-corrected chi connectivity index (χ3v) is 5.45. The lowest BCUT2D eigenvalue weighted by atomic mass is 10.0. The number of hydrogen-bond acceptors (Lipinski definition) is 7. The average molecular weight is 433 g/mol. The summed E-state index contributed by atoms with van der Waals surface area (Å²) in [4.78, 5) is 8.59. The lowest BCUT2D eigenvalue weighted by Gasteiger charge is -2.11. The molecule has 7 N–H and O–H groups in total. The lowest BCUT2D eigenvalue weighted by molar-refractivity contribution is 0.598. The number of nitrogens with two attached hydrogens (primary N) is 3. The van der Waals surface area contributed by atoms with E-state index in [1.165, 1.54) is 12.1 Å². The third kappa shape index (κ3) is 5.42. The number of nitrogens with zero attached hydrogens (tertiary/aromatic N) is 2. The maximum absolute atomic E-state index is 11.3. The lowest BCUT2D eigenvalue weighted by Crippen LogP contribution is -2.12. The summed E-state index contributed by atoms with van der Waals surface area (Å²) in [5, 5.41) is 8.89. The Balaban J connectivity index is 1.73. The van der Waals surface area contributed by atoms with Crippen LogP contribution in [-0.4, -0.2) is 24.9 Å². The van der Waals surface area contributed by atoms with E-state index in [-0.39, 0.29) is 10.8 Å². The van der Waals surface area contributed by atoms with Crippen molar-refractivity contribution in [3.8, 4) is 11.3 Å². The van der Waals surface area contributed by atoms with Crippen LogP contribution in [0.1, 0.15) is 11.1 Å². The zero-order valence-corrected chi connectivity index (χ0v) is 17.0. The van der Waals surface area contributed by atoms with Gasteiger partial charge < -0.3 is 16.8 Å². The molecule has 0 saturated carbocycles. The van der Waals surface area contributed by atoms with Crippen molar-refractivity contribution in [3.63, 3.8) is 0 Å². The maximum atomic E-state index is 11.3. The summed E-state index contributed by atoms with van der Waals surface area (Å²) < 4.78 is 22.6. The van der Waals surface area contributed by atoms with E-state index in [1.807, 2.05) is 6.07 Å². The van der Waals surface area contributed by atoms with Crippen molar-refractivity contribution in [1.82, 2.24) is 9.97 Å². The number of rotatable bonds is 7. The number of aromatic nitrogens is 2. The van der Waals surface area contributed by atoms with E-state index < -0.39 is 10.0 Å². The monoisotopic (exact) mass is 432 g/mol. The maximum Gasteiger partial charge on any atom is 0.238 e. The predicted molar refractivity (Wildman–Crippen MR) is 115 cm³/mol. The Morgan fingerprint density at radius 1 is 1.03 bits per heavy atom. The Hall–Kier alpha value is -2.72. The third-order valence-electron chi connectivity index (χ3n) is 4.28. The molecule has 2 aromatic carbocycles. The number of primary sulfonamides is 1. The first-order chi connectivity index (χ1) is 13.8. The largest absolute Gasteiger partial charge is 0.370 e. The highest BCUT2D eigenvalue weighted by atomic mass is 35.5. The van der Waals surface area contributed by atoms with Gasteiger partial charge >= 0.3 is 0 Å². The number of halogens is 1. The highest BCUT2D eigenvalue weighted by molar-refractivity contribution is 7.89. The molecule has 1 aromatic heterocycles. The molecule has 10 heteroatoms. The fourth-order valence-electron chi connectivity index (χ4n) is 2.84. The molecule has 0 radical (unpaired) electrons. The first kappa shape index (κ1) is 21.0. The summed E-state index contributed by atoms with van der Waals surface area (Å²) in [6.07, 6.45) is 0.648. The molecular formula is C19H21ClN6O2S. The zero-order valence-electron chi connectivity index (χ0n) is 15.5. The summed E-state index contributed by atoms with van der Waals surface area (Å²) in [7, 11) is -3.69. The first-order valence-corrected chi connectivity index (χ1v) is 10.7. The Morgan fingerprint density at radius 3 is 2.41 bits per heavy atom. The topological polar surface area (TPSA) is 150 Å². The molecule has 29 heavy (non-hydrogen) atoms. The van der Waals surface area contributed by atoms with Gasteiger partial charge in [0.15, 0.2) is 0 Å². The number of sulfonamides is 1. The highest BCUT2D eigenvalue weighted by Crippen LogP contribution is 2.27. The van der Waals surface area contributed by atoms with E-state index in [0.29, 0.717) is 36.0 Å². The van der Waals surface area contributed by atoms with Crippen LogP contribution in [0.25, 0.3) is 11.3 Å². The quantitative estimate of drug-likeness (QED) is 0.446. The van der Waals surface area contributed by atoms with Gasteiger partial charge in [-0.25, -0.2) is 18.5 Å². The molecule has 0 unspecified atom stereocenters. The molecule has 0 amide bonds.